The van der Waals surface area contributed by atoms with Crippen molar-refractivity contribution < 1.29 is 9.53 Å². The molecule has 0 aromatic rings. The van der Waals surface area contributed by atoms with Gasteiger partial charge in [0, 0.05) is 6.04 Å². The third kappa shape index (κ3) is 2.47. The molecule has 1 N–H and O–H groups in total. The quantitative estimate of drug-likeness (QED) is 0.681. The highest BCUT2D eigenvalue weighted by Gasteiger charge is 2.28. The average molecular weight is 197 g/mol. The number of ether oxygens (including phenoxy) is 1. The summed E-state index contributed by atoms with van der Waals surface area (Å²) >= 11 is 0. The van der Waals surface area contributed by atoms with Gasteiger partial charge in [0.1, 0.15) is 0 Å². The van der Waals surface area contributed by atoms with Gasteiger partial charge < -0.3 is 10.1 Å². The van der Waals surface area contributed by atoms with E-state index in [0.29, 0.717) is 19.3 Å². The SMILES string of the molecule is O=C(NC1CCCCCC1)C1COC1. The lowest BCUT2D eigenvalue weighted by Gasteiger charge is -2.27. The number of carbonyl (C=O) groups is 1. The van der Waals surface area contributed by atoms with Crippen molar-refractivity contribution in [2.45, 2.75) is 44.6 Å². The minimum absolute atomic E-state index is 0.137. The van der Waals surface area contributed by atoms with Crippen LogP contribution in [0.25, 0.3) is 0 Å². The summed E-state index contributed by atoms with van der Waals surface area (Å²) in [6.07, 6.45) is 7.54. The lowest BCUT2D eigenvalue weighted by Crippen LogP contribution is -2.46. The molecule has 1 saturated carbocycles. The van der Waals surface area contributed by atoms with E-state index in [-0.39, 0.29) is 11.8 Å². The van der Waals surface area contributed by atoms with Gasteiger partial charge in [0.05, 0.1) is 19.1 Å². The molecule has 0 aromatic heterocycles. The normalized spacial score (nSPS) is 25.1. The number of nitrogens with one attached hydrogen (secondary N) is 1. The highest BCUT2D eigenvalue weighted by atomic mass is 16.5. The van der Waals surface area contributed by atoms with E-state index < -0.39 is 0 Å². The van der Waals surface area contributed by atoms with E-state index >= 15 is 0 Å². The molecule has 14 heavy (non-hydrogen) atoms. The van der Waals surface area contributed by atoms with Gasteiger partial charge in [-0.1, -0.05) is 25.7 Å². The van der Waals surface area contributed by atoms with Crippen molar-refractivity contribution in [1.29, 1.82) is 0 Å². The van der Waals surface area contributed by atoms with Crippen LogP contribution in [0.5, 0.6) is 0 Å². The first-order valence-corrected chi connectivity index (χ1v) is 5.74. The van der Waals surface area contributed by atoms with Crippen LogP contribution in [0.1, 0.15) is 38.5 Å². The van der Waals surface area contributed by atoms with E-state index in [1.807, 2.05) is 0 Å². The van der Waals surface area contributed by atoms with Crippen LogP contribution in [0.4, 0.5) is 0 Å². The fourth-order valence-electron chi connectivity index (χ4n) is 2.13. The van der Waals surface area contributed by atoms with E-state index in [4.69, 9.17) is 4.74 Å². The summed E-state index contributed by atoms with van der Waals surface area (Å²) in [5, 5.41) is 3.14. The second-order valence-corrected chi connectivity index (χ2v) is 4.43. The first-order valence-electron chi connectivity index (χ1n) is 5.74. The molecule has 1 amide bonds. The molecule has 0 spiro atoms. The Hall–Kier alpha value is -0.570. The molecule has 3 heteroatoms. The Bertz CT molecular complexity index is 193. The maximum Gasteiger partial charge on any atom is 0.228 e. The van der Waals surface area contributed by atoms with Gasteiger partial charge in [0.25, 0.3) is 0 Å². The molecule has 3 nitrogen and oxygen atoms in total. The van der Waals surface area contributed by atoms with Gasteiger partial charge in [-0.05, 0) is 12.8 Å². The van der Waals surface area contributed by atoms with Crippen LogP contribution in [-0.4, -0.2) is 25.2 Å². The highest BCUT2D eigenvalue weighted by Crippen LogP contribution is 2.18. The van der Waals surface area contributed by atoms with Crippen molar-refractivity contribution in [2.75, 3.05) is 13.2 Å². The largest absolute Gasteiger partial charge is 0.380 e. The Balaban J connectivity index is 1.74. The smallest absolute Gasteiger partial charge is 0.228 e. The third-order valence-electron chi connectivity index (χ3n) is 3.21. The average Bonchev–Trinajstić information content (AvgIpc) is 2.29. The van der Waals surface area contributed by atoms with Gasteiger partial charge in [-0.2, -0.15) is 0 Å². The van der Waals surface area contributed by atoms with Crippen LogP contribution in [0.2, 0.25) is 0 Å². The molecule has 2 rings (SSSR count). The summed E-state index contributed by atoms with van der Waals surface area (Å²) in [6, 6.07) is 0.436. The molecule has 1 heterocycles. The summed E-state index contributed by atoms with van der Waals surface area (Å²) < 4.78 is 5.01. The van der Waals surface area contributed by atoms with Crippen LogP contribution in [0.3, 0.4) is 0 Å². The Morgan fingerprint density at radius 2 is 1.71 bits per heavy atom. The van der Waals surface area contributed by atoms with Gasteiger partial charge in [-0.25, -0.2) is 0 Å². The Morgan fingerprint density at radius 3 is 2.21 bits per heavy atom. The predicted octanol–water partition coefficient (Wildman–Crippen LogP) is 1.47. The topological polar surface area (TPSA) is 38.3 Å². The maximum absolute atomic E-state index is 11.6. The standard InChI is InChI=1S/C11H19NO2/c13-11(9-7-14-8-9)12-10-5-3-1-2-4-6-10/h9-10H,1-8H2,(H,12,13). The van der Waals surface area contributed by atoms with E-state index in [1.165, 1.54) is 38.5 Å². The number of amides is 1. The molecule has 2 aliphatic rings. The molecule has 0 radical (unpaired) electrons. The molecule has 0 bridgehead atoms. The molecule has 0 aromatic carbocycles. The molecular formula is C11H19NO2. The number of rotatable bonds is 2. The van der Waals surface area contributed by atoms with Crippen LogP contribution in [-0.2, 0) is 9.53 Å². The second kappa shape index (κ2) is 4.78. The molecule has 0 atom stereocenters. The van der Waals surface area contributed by atoms with Crippen LogP contribution >= 0.6 is 0 Å². The van der Waals surface area contributed by atoms with E-state index in [2.05, 4.69) is 5.32 Å². The summed E-state index contributed by atoms with van der Waals surface area (Å²) in [5.41, 5.74) is 0. The molecule has 1 aliphatic carbocycles. The Kier molecular flexibility index (Phi) is 3.40. The van der Waals surface area contributed by atoms with Gasteiger partial charge in [-0.15, -0.1) is 0 Å². The Morgan fingerprint density at radius 1 is 1.07 bits per heavy atom. The molecule has 80 valence electrons. The van der Waals surface area contributed by atoms with Crippen molar-refractivity contribution in [3.05, 3.63) is 0 Å². The van der Waals surface area contributed by atoms with Gasteiger partial charge >= 0.3 is 0 Å². The number of hydrogen-bond donors (Lipinski definition) is 1. The van der Waals surface area contributed by atoms with E-state index in [0.717, 1.165) is 0 Å². The zero-order chi connectivity index (χ0) is 9.80. The zero-order valence-corrected chi connectivity index (χ0v) is 8.63. The molecule has 0 unspecified atom stereocenters. The summed E-state index contributed by atoms with van der Waals surface area (Å²) in [5.74, 6) is 0.349. The first-order chi connectivity index (χ1) is 6.86. The van der Waals surface area contributed by atoms with Crippen molar-refractivity contribution in [2.24, 2.45) is 5.92 Å². The second-order valence-electron chi connectivity index (χ2n) is 4.43. The van der Waals surface area contributed by atoms with Gasteiger partial charge in [-0.3, -0.25) is 4.79 Å². The zero-order valence-electron chi connectivity index (χ0n) is 8.63. The monoisotopic (exact) mass is 197 g/mol. The summed E-state index contributed by atoms with van der Waals surface area (Å²) in [7, 11) is 0. The summed E-state index contributed by atoms with van der Waals surface area (Å²) in [6.45, 7) is 1.25. The van der Waals surface area contributed by atoms with Gasteiger partial charge in [0.2, 0.25) is 5.91 Å². The molecule has 2 fully saturated rings. The lowest BCUT2D eigenvalue weighted by molar-refractivity contribution is -0.139. The van der Waals surface area contributed by atoms with Crippen molar-refractivity contribution in [3.63, 3.8) is 0 Å². The maximum atomic E-state index is 11.6. The van der Waals surface area contributed by atoms with E-state index in [1.54, 1.807) is 0 Å². The first kappa shape index (κ1) is 9.97. The third-order valence-corrected chi connectivity index (χ3v) is 3.21. The van der Waals surface area contributed by atoms with Crippen molar-refractivity contribution in [3.8, 4) is 0 Å². The number of hydrogen-bond acceptors (Lipinski definition) is 2. The highest BCUT2D eigenvalue weighted by molar-refractivity contribution is 5.79. The van der Waals surface area contributed by atoms with Crippen molar-refractivity contribution in [1.82, 2.24) is 5.32 Å². The Labute approximate surface area is 85.2 Å². The van der Waals surface area contributed by atoms with Crippen molar-refractivity contribution >= 4 is 5.91 Å². The fourth-order valence-corrected chi connectivity index (χ4v) is 2.13. The minimum Gasteiger partial charge on any atom is -0.380 e. The fraction of sp³-hybridized carbons (Fsp3) is 0.909. The summed E-state index contributed by atoms with van der Waals surface area (Å²) in [4.78, 5) is 11.6. The molecule has 1 aliphatic heterocycles. The van der Waals surface area contributed by atoms with Crippen LogP contribution in [0.15, 0.2) is 0 Å². The van der Waals surface area contributed by atoms with E-state index in [9.17, 15) is 4.79 Å². The van der Waals surface area contributed by atoms with Crippen LogP contribution < -0.4 is 5.32 Å². The lowest BCUT2D eigenvalue weighted by atomic mass is 10.0. The molecular weight excluding hydrogens is 178 g/mol. The minimum atomic E-state index is 0.137. The van der Waals surface area contributed by atoms with Gasteiger partial charge in [0.15, 0.2) is 0 Å². The molecule has 1 saturated heterocycles. The predicted molar refractivity (Wildman–Crippen MR) is 53.9 cm³/mol. The number of carbonyl (C=O) groups excluding carboxylic acids is 1. The van der Waals surface area contributed by atoms with Crippen LogP contribution in [0, 0.1) is 5.92 Å².